The van der Waals surface area contributed by atoms with Gasteiger partial charge in [0.15, 0.2) is 0 Å². The first-order valence-corrected chi connectivity index (χ1v) is 6.79. The summed E-state index contributed by atoms with van der Waals surface area (Å²) in [6.07, 6.45) is 3.77. The van der Waals surface area contributed by atoms with E-state index < -0.39 is 0 Å². The number of rotatable bonds is 7. The van der Waals surface area contributed by atoms with Crippen LogP contribution in [0.25, 0.3) is 0 Å². The lowest BCUT2D eigenvalue weighted by Crippen LogP contribution is -2.15. The highest BCUT2D eigenvalue weighted by atomic mass is 35.5. The topological polar surface area (TPSA) is 21.3 Å². The first-order valence-electron chi connectivity index (χ1n) is 6.41. The maximum atomic E-state index is 6.02. The molecule has 1 fully saturated rings. The molecule has 0 unspecified atom stereocenters. The highest BCUT2D eigenvalue weighted by Gasteiger charge is 2.22. The summed E-state index contributed by atoms with van der Waals surface area (Å²) in [4.78, 5) is 0. The second kappa shape index (κ2) is 6.27. The van der Waals surface area contributed by atoms with Crippen LogP contribution in [-0.4, -0.2) is 13.2 Å². The van der Waals surface area contributed by atoms with E-state index in [4.69, 9.17) is 16.3 Å². The van der Waals surface area contributed by atoms with Crippen LogP contribution in [0.1, 0.15) is 31.7 Å². The van der Waals surface area contributed by atoms with Gasteiger partial charge in [-0.2, -0.15) is 0 Å². The zero-order valence-corrected chi connectivity index (χ0v) is 11.1. The average molecular weight is 254 g/mol. The summed E-state index contributed by atoms with van der Waals surface area (Å²) in [5.41, 5.74) is 1.16. The molecule has 0 radical (unpaired) electrons. The zero-order chi connectivity index (χ0) is 12.1. The maximum Gasteiger partial charge on any atom is 0.123 e. The lowest BCUT2D eigenvalue weighted by atomic mass is 10.2. The van der Waals surface area contributed by atoms with E-state index in [-0.39, 0.29) is 0 Å². The minimum absolute atomic E-state index is 0.775. The Kier molecular flexibility index (Phi) is 4.69. The zero-order valence-electron chi connectivity index (χ0n) is 10.3. The average Bonchev–Trinajstić information content (AvgIpc) is 3.12. The summed E-state index contributed by atoms with van der Waals surface area (Å²) in [6.45, 7) is 4.86. The Morgan fingerprint density at radius 3 is 2.94 bits per heavy atom. The summed E-state index contributed by atoms with van der Waals surface area (Å²) in [5.74, 6) is 1.76. The van der Waals surface area contributed by atoms with Gasteiger partial charge in [-0.1, -0.05) is 18.5 Å². The first kappa shape index (κ1) is 12.7. The third-order valence-corrected chi connectivity index (χ3v) is 3.17. The van der Waals surface area contributed by atoms with Crippen LogP contribution in [0.5, 0.6) is 5.75 Å². The molecular formula is C14H20ClNO. The maximum absolute atomic E-state index is 6.02. The monoisotopic (exact) mass is 253 g/mol. The van der Waals surface area contributed by atoms with Crippen LogP contribution in [0.3, 0.4) is 0 Å². The van der Waals surface area contributed by atoms with Crippen molar-refractivity contribution in [2.75, 3.05) is 13.2 Å². The fourth-order valence-electron chi connectivity index (χ4n) is 1.72. The minimum atomic E-state index is 0.775. The number of nitrogens with one attached hydrogen (secondary N) is 1. The van der Waals surface area contributed by atoms with Crippen molar-refractivity contribution in [3.63, 3.8) is 0 Å². The molecule has 2 nitrogen and oxygen atoms in total. The van der Waals surface area contributed by atoms with E-state index in [0.29, 0.717) is 0 Å². The molecule has 0 atom stereocenters. The largest absolute Gasteiger partial charge is 0.493 e. The predicted molar refractivity (Wildman–Crippen MR) is 71.7 cm³/mol. The number of ether oxygens (including phenoxy) is 1. The third-order valence-electron chi connectivity index (χ3n) is 2.94. The normalized spacial score (nSPS) is 14.9. The minimum Gasteiger partial charge on any atom is -0.493 e. The first-order chi connectivity index (χ1) is 8.29. The van der Waals surface area contributed by atoms with Crippen molar-refractivity contribution in [2.24, 2.45) is 5.92 Å². The number of hydrogen-bond donors (Lipinski definition) is 1. The molecule has 0 amide bonds. The molecule has 0 saturated heterocycles. The lowest BCUT2D eigenvalue weighted by molar-refractivity contribution is 0.296. The Morgan fingerprint density at radius 1 is 1.41 bits per heavy atom. The Labute approximate surface area is 108 Å². The van der Waals surface area contributed by atoms with Gasteiger partial charge in [0.1, 0.15) is 5.75 Å². The molecule has 0 aliphatic heterocycles. The van der Waals surface area contributed by atoms with Crippen molar-refractivity contribution >= 4 is 11.6 Å². The highest BCUT2D eigenvalue weighted by Crippen LogP contribution is 2.31. The van der Waals surface area contributed by atoms with Gasteiger partial charge in [-0.25, -0.2) is 0 Å². The van der Waals surface area contributed by atoms with Crippen molar-refractivity contribution in [1.82, 2.24) is 5.32 Å². The van der Waals surface area contributed by atoms with E-state index in [9.17, 15) is 0 Å². The molecule has 0 heterocycles. The Morgan fingerprint density at radius 2 is 2.24 bits per heavy atom. The van der Waals surface area contributed by atoms with E-state index in [0.717, 1.165) is 48.4 Å². The van der Waals surface area contributed by atoms with Crippen molar-refractivity contribution in [3.05, 3.63) is 28.8 Å². The summed E-state index contributed by atoms with van der Waals surface area (Å²) in [6, 6.07) is 5.87. The molecule has 0 spiro atoms. The van der Waals surface area contributed by atoms with Crippen molar-refractivity contribution < 1.29 is 4.74 Å². The molecule has 2 rings (SSSR count). The summed E-state index contributed by atoms with van der Waals surface area (Å²) < 4.78 is 5.85. The lowest BCUT2D eigenvalue weighted by Gasteiger charge is -2.12. The van der Waals surface area contributed by atoms with Gasteiger partial charge in [-0.3, -0.25) is 0 Å². The Bertz CT molecular complexity index is 363. The molecular weight excluding hydrogens is 234 g/mol. The molecule has 0 bridgehead atoms. The van der Waals surface area contributed by atoms with Crippen molar-refractivity contribution in [1.29, 1.82) is 0 Å². The second-order valence-electron chi connectivity index (χ2n) is 4.68. The van der Waals surface area contributed by atoms with Crippen LogP contribution < -0.4 is 10.1 Å². The summed E-state index contributed by atoms with van der Waals surface area (Å²) in [5, 5.41) is 4.16. The Hall–Kier alpha value is -0.730. The van der Waals surface area contributed by atoms with Gasteiger partial charge < -0.3 is 10.1 Å². The SMILES string of the molecule is CCCNCc1cc(Cl)ccc1OCC1CC1. The molecule has 1 aromatic carbocycles. The van der Waals surface area contributed by atoms with Crippen molar-refractivity contribution in [3.8, 4) is 5.75 Å². The molecule has 1 aromatic rings. The van der Waals surface area contributed by atoms with E-state index in [1.807, 2.05) is 18.2 Å². The van der Waals surface area contributed by atoms with E-state index in [1.54, 1.807) is 0 Å². The third kappa shape index (κ3) is 4.21. The summed E-state index contributed by atoms with van der Waals surface area (Å²) in [7, 11) is 0. The number of hydrogen-bond acceptors (Lipinski definition) is 2. The standard InChI is InChI=1S/C14H20ClNO/c1-2-7-16-9-12-8-13(15)5-6-14(12)17-10-11-3-4-11/h5-6,8,11,16H,2-4,7,9-10H2,1H3. The molecule has 1 aliphatic rings. The van der Waals surface area contributed by atoms with Gasteiger partial charge in [0.25, 0.3) is 0 Å². The highest BCUT2D eigenvalue weighted by molar-refractivity contribution is 6.30. The van der Waals surface area contributed by atoms with Crippen LogP contribution in [-0.2, 0) is 6.54 Å². The molecule has 1 N–H and O–H groups in total. The van der Waals surface area contributed by atoms with Crippen LogP contribution in [0, 0.1) is 5.92 Å². The van der Waals surface area contributed by atoms with Gasteiger partial charge in [-0.05, 0) is 49.9 Å². The molecule has 1 saturated carbocycles. The van der Waals surface area contributed by atoms with E-state index in [2.05, 4.69) is 12.2 Å². The molecule has 0 aromatic heterocycles. The van der Waals surface area contributed by atoms with Crippen LogP contribution in [0.2, 0.25) is 5.02 Å². The number of benzene rings is 1. The molecule has 94 valence electrons. The second-order valence-corrected chi connectivity index (χ2v) is 5.12. The molecule has 17 heavy (non-hydrogen) atoms. The Balaban J connectivity index is 1.95. The van der Waals surface area contributed by atoms with E-state index >= 15 is 0 Å². The van der Waals surface area contributed by atoms with Gasteiger partial charge >= 0.3 is 0 Å². The predicted octanol–water partition coefficient (Wildman–Crippen LogP) is 3.63. The fourth-order valence-corrected chi connectivity index (χ4v) is 1.91. The van der Waals surface area contributed by atoms with Crippen LogP contribution in [0.15, 0.2) is 18.2 Å². The number of halogens is 1. The van der Waals surface area contributed by atoms with Crippen LogP contribution in [0.4, 0.5) is 0 Å². The van der Waals surface area contributed by atoms with Crippen LogP contribution >= 0.6 is 11.6 Å². The summed E-state index contributed by atoms with van der Waals surface area (Å²) >= 11 is 6.02. The van der Waals surface area contributed by atoms with E-state index in [1.165, 1.54) is 12.8 Å². The smallest absolute Gasteiger partial charge is 0.123 e. The van der Waals surface area contributed by atoms with Crippen molar-refractivity contribution in [2.45, 2.75) is 32.7 Å². The van der Waals surface area contributed by atoms with Gasteiger partial charge in [0, 0.05) is 17.1 Å². The molecule has 1 aliphatic carbocycles. The van der Waals surface area contributed by atoms with Gasteiger partial charge in [0.05, 0.1) is 6.61 Å². The quantitative estimate of drug-likeness (QED) is 0.750. The van der Waals surface area contributed by atoms with Gasteiger partial charge in [0.2, 0.25) is 0 Å². The molecule has 3 heteroatoms. The fraction of sp³-hybridized carbons (Fsp3) is 0.571. The van der Waals surface area contributed by atoms with Gasteiger partial charge in [-0.15, -0.1) is 0 Å².